The molecular weight excluding hydrogens is 973 g/mol. The number of carbonyl (C=O) groups is 3. The number of phosphoric ester groups is 2. The molecule has 0 bridgehead atoms. The highest BCUT2D eigenvalue weighted by Gasteiger charge is 2.46. The van der Waals surface area contributed by atoms with E-state index >= 15 is 0 Å². The normalized spacial score (nSPS) is 19.2. The Kier molecular flexibility index (Phi) is 34.7. The van der Waals surface area contributed by atoms with Crippen molar-refractivity contribution in [2.45, 2.75) is 231 Å². The zero-order chi connectivity index (χ0) is 53.0. The van der Waals surface area contributed by atoms with E-state index in [1.165, 1.54) is 76.7 Å². The number of nitrogen functional groups attached to an aromatic ring is 1. The predicted octanol–water partition coefficient (Wildman–Crippen LogP) is 10.4. The third kappa shape index (κ3) is 31.6. The Balaban J connectivity index is 1.79. The van der Waals surface area contributed by atoms with Crippen LogP contribution in [0.1, 0.15) is 207 Å². The van der Waals surface area contributed by atoms with Crippen LogP contribution in [-0.4, -0.2) is 91.5 Å². The highest BCUT2D eigenvalue weighted by Crippen LogP contribution is 2.60. The smallest absolute Gasteiger partial charge is 0.462 e. The van der Waals surface area contributed by atoms with Gasteiger partial charge in [-0.25, -0.2) is 13.9 Å². The number of anilines is 1. The van der Waals surface area contributed by atoms with Gasteiger partial charge in [0.15, 0.2) is 18.1 Å². The maximum atomic E-state index is 12.9. The number of carbonyl (C=O) groups excluding carboxylic acids is 3. The summed E-state index contributed by atoms with van der Waals surface area (Å²) in [4.78, 5) is 73.8. The van der Waals surface area contributed by atoms with Crippen LogP contribution in [0.2, 0.25) is 0 Å². The molecule has 0 spiro atoms. The quantitative estimate of drug-likeness (QED) is 0.0133. The van der Waals surface area contributed by atoms with Crippen molar-refractivity contribution < 1.29 is 71.1 Å². The summed E-state index contributed by atoms with van der Waals surface area (Å²) in [6.45, 7) is 4.31. The first-order valence-corrected chi connectivity index (χ1v) is 29.7. The van der Waals surface area contributed by atoms with Crippen LogP contribution in [0.15, 0.2) is 41.4 Å². The van der Waals surface area contributed by atoms with Gasteiger partial charge in [-0.2, -0.15) is 9.29 Å². The average molecular weight is 1060 g/mol. The number of aliphatic hydroxyl groups excluding tert-OH is 2. The van der Waals surface area contributed by atoms with Crippen molar-refractivity contribution in [3.05, 3.63) is 47.1 Å². The molecule has 2 rings (SSSR count). The number of phosphoric acid groups is 2. The Morgan fingerprint density at radius 1 is 0.736 bits per heavy atom. The number of ether oxygens (including phenoxy) is 3. The van der Waals surface area contributed by atoms with Crippen LogP contribution in [0.3, 0.4) is 0 Å². The van der Waals surface area contributed by atoms with Gasteiger partial charge >= 0.3 is 33.3 Å². The van der Waals surface area contributed by atoms with Crippen molar-refractivity contribution in [1.29, 1.82) is 0 Å². The Morgan fingerprint density at radius 2 is 1.28 bits per heavy atom. The summed E-state index contributed by atoms with van der Waals surface area (Å²) in [6, 6.07) is 1.24. The minimum atomic E-state index is -5.44. The molecule has 1 fully saturated rings. The molecule has 414 valence electrons. The molecule has 1 aromatic rings. The highest BCUT2D eigenvalue weighted by molar-refractivity contribution is 7.61. The number of unbranched alkanes of at least 4 members (excludes halogenated alkanes) is 21. The van der Waals surface area contributed by atoms with Crippen LogP contribution in [0, 0.1) is 5.92 Å². The van der Waals surface area contributed by atoms with E-state index < -0.39 is 83.7 Å². The number of nitrogens with two attached hydrogens (primary N) is 1. The second-order valence-corrected chi connectivity index (χ2v) is 22.3. The molecule has 2 unspecified atom stereocenters. The molecular formula is C51H89N3O16P2. The molecule has 19 nitrogen and oxygen atoms in total. The summed E-state index contributed by atoms with van der Waals surface area (Å²) in [5.74, 6) is -0.425. The predicted molar refractivity (Wildman–Crippen MR) is 275 cm³/mol. The van der Waals surface area contributed by atoms with E-state index in [2.05, 4.69) is 30.1 Å². The molecule has 1 aliphatic rings. The Labute approximate surface area is 428 Å². The summed E-state index contributed by atoms with van der Waals surface area (Å²) in [5.41, 5.74) is 4.58. The molecule has 1 aliphatic heterocycles. The van der Waals surface area contributed by atoms with Gasteiger partial charge in [0.05, 0.1) is 13.2 Å². The fourth-order valence-electron chi connectivity index (χ4n) is 8.01. The van der Waals surface area contributed by atoms with E-state index in [0.717, 1.165) is 93.7 Å². The molecule has 72 heavy (non-hydrogen) atoms. The lowest BCUT2D eigenvalue weighted by Gasteiger charge is -2.21. The monoisotopic (exact) mass is 1060 g/mol. The zero-order valence-corrected chi connectivity index (χ0v) is 45.2. The first-order valence-electron chi connectivity index (χ1n) is 26.7. The van der Waals surface area contributed by atoms with Crippen molar-refractivity contribution >= 4 is 39.2 Å². The molecule has 2 heterocycles. The maximum absolute atomic E-state index is 12.9. The van der Waals surface area contributed by atoms with Crippen LogP contribution >= 0.6 is 15.6 Å². The van der Waals surface area contributed by atoms with Crippen molar-refractivity contribution in [2.24, 2.45) is 5.92 Å². The molecule has 0 saturated carbocycles. The fourth-order valence-corrected chi connectivity index (χ4v) is 10.1. The third-order valence-electron chi connectivity index (χ3n) is 12.2. The molecule has 1 aromatic heterocycles. The van der Waals surface area contributed by atoms with Gasteiger partial charge in [-0.15, -0.1) is 0 Å². The van der Waals surface area contributed by atoms with Crippen molar-refractivity contribution in [3.63, 3.8) is 0 Å². The number of esters is 2. The lowest BCUT2D eigenvalue weighted by Crippen LogP contribution is -2.36. The standard InChI is InChI=1S/C51H89N3O16P2/c1-4-5-26-32-42(55)33-28-23-19-15-13-17-21-25-30-35-47(57)68-43(38-65-46(56)34-29-24-20-16-12-10-8-6-7-9-11-14-18-22-27-31-41(2)3)39-66-71(61,62)70-72(63,64)67-40-44-48(58)49(59)50(69-44)54-37-36-45(52)53-51(54)60/h19,23,28,33,36-37,41,43-44,48-50,58-59H,4-18,20-22,24-27,29-32,34-35,38-40H2,1-3H3,(H,61,62)(H,63,64)(H2,52,53,60)/b23-19-,33-28+/t43-,44-,48-,49-,50-/m1/s1. The second kappa shape index (κ2) is 38.5. The second-order valence-electron chi connectivity index (χ2n) is 19.2. The van der Waals surface area contributed by atoms with Gasteiger partial charge < -0.3 is 39.9 Å². The summed E-state index contributed by atoms with van der Waals surface area (Å²) in [7, 11) is -10.9. The summed E-state index contributed by atoms with van der Waals surface area (Å²) < 4.78 is 56.8. The number of allylic oxidation sites excluding steroid dienone is 4. The van der Waals surface area contributed by atoms with Crippen LogP contribution in [0.25, 0.3) is 0 Å². The first kappa shape index (κ1) is 65.0. The molecule has 0 radical (unpaired) electrons. The van der Waals surface area contributed by atoms with Gasteiger partial charge in [0.2, 0.25) is 0 Å². The van der Waals surface area contributed by atoms with Gasteiger partial charge in [0.25, 0.3) is 0 Å². The van der Waals surface area contributed by atoms with Crippen LogP contribution in [0.4, 0.5) is 5.82 Å². The highest BCUT2D eigenvalue weighted by atomic mass is 31.3. The number of ketones is 1. The molecule has 0 amide bonds. The average Bonchev–Trinajstić information content (AvgIpc) is 3.60. The SMILES string of the molecule is CCCCCC(=O)/C=C/C=C\CCCCCCCC(=O)O[C@H](COC(=O)CCCCCCCCCCCCCCCCCC(C)C)COP(=O)(O)OP(=O)(O)OC[C@H]1O[C@@H](n2ccc(N)nc2=O)[C@H](O)[C@@H]1O. The molecule has 7 atom stereocenters. The van der Waals surface area contributed by atoms with E-state index in [0.29, 0.717) is 19.3 Å². The van der Waals surface area contributed by atoms with E-state index in [1.807, 2.05) is 12.2 Å². The topological polar surface area (TPSA) is 283 Å². The Hall–Kier alpha value is -3.09. The van der Waals surface area contributed by atoms with Gasteiger partial charge in [-0.3, -0.25) is 28.0 Å². The molecule has 1 saturated heterocycles. The summed E-state index contributed by atoms with van der Waals surface area (Å²) in [5, 5.41) is 20.9. The maximum Gasteiger partial charge on any atom is 0.481 e. The van der Waals surface area contributed by atoms with E-state index in [9.17, 15) is 48.3 Å². The van der Waals surface area contributed by atoms with Crippen molar-refractivity contribution in [3.8, 4) is 0 Å². The van der Waals surface area contributed by atoms with Crippen molar-refractivity contribution in [1.82, 2.24) is 9.55 Å². The van der Waals surface area contributed by atoms with Gasteiger partial charge in [0.1, 0.15) is 30.7 Å². The number of hydrogen-bond donors (Lipinski definition) is 5. The minimum Gasteiger partial charge on any atom is -0.462 e. The Bertz CT molecular complexity index is 1880. The molecule has 6 N–H and O–H groups in total. The molecule has 21 heteroatoms. The Morgan fingerprint density at radius 3 is 1.86 bits per heavy atom. The number of rotatable bonds is 44. The summed E-state index contributed by atoms with van der Waals surface area (Å²) >= 11 is 0. The lowest BCUT2D eigenvalue weighted by atomic mass is 10.0. The minimum absolute atomic E-state index is 0.00128. The lowest BCUT2D eigenvalue weighted by molar-refractivity contribution is -0.161. The molecule has 0 aromatic carbocycles. The number of aliphatic hydroxyl groups is 2. The zero-order valence-electron chi connectivity index (χ0n) is 43.4. The molecule has 0 aliphatic carbocycles. The third-order valence-corrected chi connectivity index (χ3v) is 14.8. The number of nitrogens with zero attached hydrogens (tertiary/aromatic N) is 2. The fraction of sp³-hybridized carbons (Fsp3) is 0.784. The van der Waals surface area contributed by atoms with Crippen LogP contribution in [-0.2, 0) is 51.1 Å². The van der Waals surface area contributed by atoms with Gasteiger partial charge in [-0.1, -0.05) is 167 Å². The van der Waals surface area contributed by atoms with E-state index in [-0.39, 0.29) is 24.4 Å². The van der Waals surface area contributed by atoms with Crippen LogP contribution in [0.5, 0.6) is 0 Å². The van der Waals surface area contributed by atoms with Crippen molar-refractivity contribution in [2.75, 3.05) is 25.6 Å². The largest absolute Gasteiger partial charge is 0.481 e. The number of hydrogen-bond acceptors (Lipinski definition) is 16. The summed E-state index contributed by atoms with van der Waals surface area (Å²) in [6.07, 6.45) is 28.1. The van der Waals surface area contributed by atoms with Gasteiger partial charge in [-0.05, 0) is 50.2 Å². The van der Waals surface area contributed by atoms with E-state index in [4.69, 9.17) is 29.0 Å². The first-order chi connectivity index (χ1) is 34.4. The van der Waals surface area contributed by atoms with E-state index in [1.54, 1.807) is 12.2 Å². The number of aromatic nitrogens is 2. The van der Waals surface area contributed by atoms with Crippen LogP contribution < -0.4 is 11.4 Å². The van der Waals surface area contributed by atoms with Gasteiger partial charge in [0, 0.05) is 25.5 Å².